The molecule has 416 valence electrons. The van der Waals surface area contributed by atoms with E-state index in [-0.39, 0.29) is 0 Å². The van der Waals surface area contributed by atoms with Crippen LogP contribution in [0.4, 0.5) is 0 Å². The van der Waals surface area contributed by atoms with Crippen molar-refractivity contribution in [1.29, 1.82) is 0 Å². The number of hydrogen-bond acceptors (Lipinski definition) is 24. The van der Waals surface area contributed by atoms with Gasteiger partial charge in [0.15, 0.2) is 11.6 Å². The van der Waals surface area contributed by atoms with Gasteiger partial charge >= 0.3 is 0 Å². The topological polar surface area (TPSA) is 327 Å². The van der Waals surface area contributed by atoms with Gasteiger partial charge in [-0.3, -0.25) is 18.7 Å². The molecule has 10 aromatic rings. The summed E-state index contributed by atoms with van der Waals surface area (Å²) in [6.45, 7) is 37.7. The smallest absolute Gasteiger partial charge is 0.223 e. The highest BCUT2D eigenvalue weighted by molar-refractivity contribution is 7.05. The maximum atomic E-state index is 4.86. The molecule has 0 aliphatic carbocycles. The highest BCUT2D eigenvalue weighted by Gasteiger charge is 1.99. The predicted molar refractivity (Wildman–Crippen MR) is 284 cm³/mol. The van der Waals surface area contributed by atoms with Crippen molar-refractivity contribution in [3.8, 4) is 0 Å². The molecule has 0 spiro atoms. The summed E-state index contributed by atoms with van der Waals surface area (Å²) in [5, 5.41) is 54.2. The van der Waals surface area contributed by atoms with Gasteiger partial charge in [-0.25, -0.2) is 15.0 Å². The zero-order valence-electron chi connectivity index (χ0n) is 49.3. The first kappa shape index (κ1) is 65.8. The number of aromatic nitrogens is 26. The van der Waals surface area contributed by atoms with Crippen LogP contribution in [0.5, 0.6) is 0 Å². The fourth-order valence-electron chi connectivity index (χ4n) is 4.96. The van der Waals surface area contributed by atoms with Crippen LogP contribution in [-0.2, 0) is 42.3 Å². The maximum absolute atomic E-state index is 4.86. The highest BCUT2D eigenvalue weighted by atomic mass is 32.1. The Bertz CT molecular complexity index is 2620. The van der Waals surface area contributed by atoms with Crippen molar-refractivity contribution in [1.82, 2.24) is 129 Å². The molecule has 0 N–H and O–H groups in total. The van der Waals surface area contributed by atoms with E-state index in [4.69, 9.17) is 4.42 Å². The van der Waals surface area contributed by atoms with Crippen molar-refractivity contribution in [3.63, 3.8) is 0 Å². The molecule has 0 amide bonds. The zero-order valence-corrected chi connectivity index (χ0v) is 50.1. The van der Waals surface area contributed by atoms with Crippen LogP contribution >= 0.6 is 11.5 Å². The normalized spacial score (nSPS) is 9.71. The van der Waals surface area contributed by atoms with E-state index >= 15 is 0 Å². The summed E-state index contributed by atoms with van der Waals surface area (Å²) in [6.07, 6.45) is 0. The van der Waals surface area contributed by atoms with Gasteiger partial charge in [-0.05, 0) is 122 Å². The fraction of sp³-hybridized carbons (Fsp3) is 0.565. The molecular formula is C46H78N26O3S. The van der Waals surface area contributed by atoms with E-state index in [9.17, 15) is 0 Å². The molecule has 0 saturated heterocycles. The van der Waals surface area contributed by atoms with Crippen LogP contribution in [0.1, 0.15) is 115 Å². The van der Waals surface area contributed by atoms with Crippen LogP contribution in [0.3, 0.4) is 0 Å². The second-order valence-corrected chi connectivity index (χ2v) is 17.5. The average Bonchev–Trinajstić information content (AvgIpc) is 4.28. The van der Waals surface area contributed by atoms with E-state index in [1.54, 1.807) is 65.1 Å². The molecule has 0 aliphatic rings. The van der Waals surface area contributed by atoms with Crippen LogP contribution < -0.4 is 0 Å². The third-order valence-electron chi connectivity index (χ3n) is 9.79. The van der Waals surface area contributed by atoms with Gasteiger partial charge in [0.25, 0.3) is 0 Å². The van der Waals surface area contributed by atoms with Gasteiger partial charge in [0, 0.05) is 70.0 Å². The third kappa shape index (κ3) is 26.2. The number of hydrogen-bond donors (Lipinski definition) is 0. The van der Waals surface area contributed by atoms with Crippen molar-refractivity contribution in [3.05, 3.63) is 115 Å². The fourth-order valence-corrected chi connectivity index (χ4v) is 5.44. The third-order valence-corrected chi connectivity index (χ3v) is 10.5. The lowest BCUT2D eigenvalue weighted by atomic mass is 10.4. The average molecular weight is 1080 g/mol. The molecule has 0 bridgehead atoms. The Labute approximate surface area is 448 Å². The lowest BCUT2D eigenvalue weighted by Gasteiger charge is -1.90. The SMILES string of the molecule is Cc1nc(C)n(C)n1.Cc1nc(C)n(C)n1.Cc1nn(C)nc1C.Cc1nnc(C)n1C.Cc1nnc(C)o1.Cc1nnn(C)c1C.Cc1nnn(C)c1C.Cc1noc(C)n1.Cc1noc(C)n1.Cc1nsc(C)n1. The molecule has 0 aromatic carbocycles. The van der Waals surface area contributed by atoms with Crippen molar-refractivity contribution < 1.29 is 13.5 Å². The number of nitrogens with zero attached hydrogens (tertiary/aromatic N) is 26. The Kier molecular flexibility index (Phi) is 28.5. The minimum atomic E-state index is 0.623. The molecule has 10 aromatic heterocycles. The molecule has 10 heterocycles. The lowest BCUT2D eigenvalue weighted by Crippen LogP contribution is -1.92. The van der Waals surface area contributed by atoms with Gasteiger partial charge in [0.05, 0.1) is 34.2 Å². The van der Waals surface area contributed by atoms with Crippen molar-refractivity contribution in [2.75, 3.05) is 0 Å². The summed E-state index contributed by atoms with van der Waals surface area (Å²) in [5.41, 5.74) is 6.29. The van der Waals surface area contributed by atoms with Crippen molar-refractivity contribution >= 4 is 11.5 Å². The molecule has 30 heteroatoms. The Balaban J connectivity index is 0.000000422. The summed E-state index contributed by atoms with van der Waals surface area (Å²) in [6, 6.07) is 0. The van der Waals surface area contributed by atoms with Gasteiger partial charge in [0.2, 0.25) is 23.6 Å². The maximum Gasteiger partial charge on any atom is 0.223 e. The molecule has 0 fully saturated rings. The first-order chi connectivity index (χ1) is 35.4. The second-order valence-electron chi connectivity index (χ2n) is 16.6. The summed E-state index contributed by atoms with van der Waals surface area (Å²) in [7, 11) is 11.3. The highest BCUT2D eigenvalue weighted by Crippen LogP contribution is 2.00. The molecule has 0 unspecified atom stereocenters. The number of rotatable bonds is 0. The van der Waals surface area contributed by atoms with Gasteiger partial charge in [0.1, 0.15) is 45.8 Å². The molecule has 76 heavy (non-hydrogen) atoms. The molecule has 0 radical (unpaired) electrons. The summed E-state index contributed by atoms with van der Waals surface area (Å²) in [5.74, 6) is 10.3. The van der Waals surface area contributed by atoms with E-state index in [0.29, 0.717) is 35.2 Å². The zero-order chi connectivity index (χ0) is 58.0. The largest absolute Gasteiger partial charge is 0.426 e. The summed E-state index contributed by atoms with van der Waals surface area (Å²) in [4.78, 5) is 21.4. The Morgan fingerprint density at radius 3 is 0.816 bits per heavy atom. The van der Waals surface area contributed by atoms with E-state index in [0.717, 1.165) is 79.9 Å². The van der Waals surface area contributed by atoms with Crippen LogP contribution in [0.2, 0.25) is 0 Å². The van der Waals surface area contributed by atoms with E-state index in [2.05, 4.69) is 110 Å². The standard InChI is InChI=1S/6C5H9N3.3C4H6N2O.C4H6N2S/c1-4-6-7-5(2)8(4)3;2*1-4-6-5(2)8(3)7-4;2*1-4-5(2)8(3)7-6-4;1-4-5(2)7-8(3)6-4;1-3-5-6-4(2)7-3;3*1-3-5-4(2)7-6-3/h6*1-3H3;4*1-2H3. The second kappa shape index (κ2) is 32.9. The first-order valence-corrected chi connectivity index (χ1v) is 24.3. The van der Waals surface area contributed by atoms with Gasteiger partial charge in [-0.15, -0.1) is 30.6 Å². The molecule has 29 nitrogen and oxygen atoms in total. The van der Waals surface area contributed by atoms with Gasteiger partial charge in [-0.2, -0.15) is 39.5 Å². The Hall–Kier alpha value is -8.18. The Morgan fingerprint density at radius 2 is 0.724 bits per heavy atom. The van der Waals surface area contributed by atoms with E-state index in [1.807, 2.05) is 144 Å². The van der Waals surface area contributed by atoms with Gasteiger partial charge < -0.3 is 18.0 Å². The predicted octanol–water partition coefficient (Wildman–Crippen LogP) is 5.81. The van der Waals surface area contributed by atoms with E-state index < -0.39 is 0 Å². The van der Waals surface area contributed by atoms with Crippen molar-refractivity contribution in [2.24, 2.45) is 42.3 Å². The molecule has 0 saturated carbocycles. The summed E-state index contributed by atoms with van der Waals surface area (Å²) >= 11 is 1.44. The molecule has 10 rings (SSSR count). The minimum absolute atomic E-state index is 0.623. The van der Waals surface area contributed by atoms with Crippen LogP contribution in [-0.4, -0.2) is 129 Å². The molecule has 0 aliphatic heterocycles. The first-order valence-electron chi connectivity index (χ1n) is 23.5. The number of aryl methyl sites for hydroxylation is 23. The molecule has 0 atom stereocenters. The van der Waals surface area contributed by atoms with Crippen LogP contribution in [0, 0.1) is 138 Å². The van der Waals surface area contributed by atoms with Crippen LogP contribution in [0.25, 0.3) is 0 Å². The monoisotopic (exact) mass is 1070 g/mol. The Morgan fingerprint density at radius 1 is 0.342 bits per heavy atom. The molecular weight excluding hydrogens is 997 g/mol. The minimum Gasteiger partial charge on any atom is -0.426 e. The van der Waals surface area contributed by atoms with Gasteiger partial charge in [-0.1, -0.05) is 20.7 Å². The van der Waals surface area contributed by atoms with Crippen LogP contribution in [0.15, 0.2) is 13.5 Å². The quantitative estimate of drug-likeness (QED) is 0.173. The lowest BCUT2D eigenvalue weighted by molar-refractivity contribution is 0.389. The summed E-state index contributed by atoms with van der Waals surface area (Å²) < 4.78 is 27.0. The van der Waals surface area contributed by atoms with E-state index in [1.165, 1.54) is 11.5 Å². The van der Waals surface area contributed by atoms with Crippen molar-refractivity contribution in [2.45, 2.75) is 138 Å².